The molecule has 3 aliphatic rings. The van der Waals surface area contributed by atoms with Crippen molar-refractivity contribution in [3.8, 4) is 0 Å². The molecule has 8 heteroatoms. The third-order valence-corrected chi connectivity index (χ3v) is 6.50. The van der Waals surface area contributed by atoms with Gasteiger partial charge in [-0.3, -0.25) is 0 Å². The number of hydrogen-bond acceptors (Lipinski definition) is 6. The molecular weight excluding hydrogens is 369 g/mol. The van der Waals surface area contributed by atoms with E-state index < -0.39 is 12.7 Å². The van der Waals surface area contributed by atoms with Gasteiger partial charge in [0.2, 0.25) is 0 Å². The van der Waals surface area contributed by atoms with Gasteiger partial charge in [0.25, 0.3) is 0 Å². The van der Waals surface area contributed by atoms with E-state index in [0.717, 1.165) is 24.4 Å². The smallest absolute Gasteiger partial charge is 0.444 e. The largest absolute Gasteiger partial charge is 0.496 e. The second kappa shape index (κ2) is 6.60. The number of alkyl carbamates (subject to hydrolysis) is 1. The third-order valence-electron chi connectivity index (χ3n) is 6.50. The van der Waals surface area contributed by atoms with Crippen molar-refractivity contribution in [2.75, 3.05) is 18.0 Å². The van der Waals surface area contributed by atoms with E-state index in [-0.39, 0.29) is 23.3 Å². The van der Waals surface area contributed by atoms with Crippen LogP contribution in [0.15, 0.2) is 18.3 Å². The molecule has 0 bridgehead atoms. The van der Waals surface area contributed by atoms with Crippen molar-refractivity contribution in [3.05, 3.63) is 18.3 Å². The molecule has 1 aromatic heterocycles. The lowest BCUT2D eigenvalue weighted by atomic mass is 9.80. The van der Waals surface area contributed by atoms with Gasteiger partial charge in [0, 0.05) is 42.6 Å². The molecule has 0 spiro atoms. The van der Waals surface area contributed by atoms with Crippen molar-refractivity contribution in [1.82, 2.24) is 10.3 Å². The first-order valence-electron chi connectivity index (χ1n) is 10.4. The number of piperidine rings is 1. The van der Waals surface area contributed by atoms with Gasteiger partial charge in [0.05, 0.1) is 11.2 Å². The Morgan fingerprint density at radius 3 is 2.24 bits per heavy atom. The summed E-state index contributed by atoms with van der Waals surface area (Å²) in [4.78, 5) is 18.9. The van der Waals surface area contributed by atoms with Crippen molar-refractivity contribution >= 4 is 24.5 Å². The van der Waals surface area contributed by atoms with Gasteiger partial charge >= 0.3 is 13.2 Å². The number of nitrogens with one attached hydrogen (secondary N) is 1. The summed E-state index contributed by atoms with van der Waals surface area (Å²) in [7, 11) is -0.393. The molecule has 1 aromatic rings. The lowest BCUT2D eigenvalue weighted by Gasteiger charge is -2.32. The Morgan fingerprint density at radius 2 is 1.76 bits per heavy atom. The minimum atomic E-state index is -0.469. The average Bonchev–Trinajstić information content (AvgIpc) is 2.94. The summed E-state index contributed by atoms with van der Waals surface area (Å²) >= 11 is 0. The van der Waals surface area contributed by atoms with E-state index in [1.54, 1.807) is 0 Å². The van der Waals surface area contributed by atoms with Gasteiger partial charge in [-0.15, -0.1) is 0 Å². The Balaban J connectivity index is 1.31. The van der Waals surface area contributed by atoms with Crippen LogP contribution in [0.4, 0.5) is 10.6 Å². The highest BCUT2D eigenvalue weighted by molar-refractivity contribution is 6.62. The van der Waals surface area contributed by atoms with E-state index in [1.807, 2.05) is 66.8 Å². The van der Waals surface area contributed by atoms with Gasteiger partial charge in [0.1, 0.15) is 11.4 Å². The second-order valence-electron chi connectivity index (χ2n) is 10.4. The van der Waals surface area contributed by atoms with E-state index in [2.05, 4.69) is 15.2 Å². The predicted molar refractivity (Wildman–Crippen MR) is 112 cm³/mol. The second-order valence-corrected chi connectivity index (χ2v) is 10.4. The lowest BCUT2D eigenvalue weighted by Crippen LogP contribution is -2.41. The highest BCUT2D eigenvalue weighted by Crippen LogP contribution is 2.46. The van der Waals surface area contributed by atoms with E-state index >= 15 is 0 Å². The minimum Gasteiger partial charge on any atom is -0.444 e. The van der Waals surface area contributed by atoms with E-state index in [0.29, 0.717) is 11.8 Å². The fourth-order valence-electron chi connectivity index (χ4n) is 4.07. The van der Waals surface area contributed by atoms with Crippen LogP contribution in [0.5, 0.6) is 0 Å². The van der Waals surface area contributed by atoms with Gasteiger partial charge < -0.3 is 24.3 Å². The lowest BCUT2D eigenvalue weighted by molar-refractivity contribution is 0.00578. The fourth-order valence-corrected chi connectivity index (χ4v) is 4.07. The summed E-state index contributed by atoms with van der Waals surface area (Å²) in [6.07, 6.45) is 1.52. The molecule has 29 heavy (non-hydrogen) atoms. The molecule has 7 nitrogen and oxygen atoms in total. The quantitative estimate of drug-likeness (QED) is 0.784. The van der Waals surface area contributed by atoms with E-state index in [1.165, 1.54) is 0 Å². The summed E-state index contributed by atoms with van der Waals surface area (Å²) in [6.45, 7) is 15.6. The molecule has 1 unspecified atom stereocenters. The summed E-state index contributed by atoms with van der Waals surface area (Å²) in [5, 5.41) is 3.00. The maximum absolute atomic E-state index is 12.0. The van der Waals surface area contributed by atoms with Gasteiger partial charge in [-0.25, -0.2) is 9.78 Å². The Hall–Kier alpha value is -1.80. The van der Waals surface area contributed by atoms with Crippen molar-refractivity contribution in [1.29, 1.82) is 0 Å². The zero-order chi connectivity index (χ0) is 21.2. The SMILES string of the molecule is CC(C)(C)OC(=O)N[C@@H]1C2CN(c3ccc(B4OC(C)(C)C(C)(C)O4)cn3)C[C@@H]21. The van der Waals surface area contributed by atoms with Crippen molar-refractivity contribution < 1.29 is 18.8 Å². The van der Waals surface area contributed by atoms with Crippen LogP contribution in [-0.2, 0) is 14.0 Å². The highest BCUT2D eigenvalue weighted by Gasteiger charge is 2.57. The molecule has 1 saturated carbocycles. The van der Waals surface area contributed by atoms with Crippen LogP contribution in [0.1, 0.15) is 48.5 Å². The van der Waals surface area contributed by atoms with Gasteiger partial charge in [0.15, 0.2) is 0 Å². The molecule has 0 radical (unpaired) electrons. The highest BCUT2D eigenvalue weighted by atomic mass is 16.7. The van der Waals surface area contributed by atoms with Crippen LogP contribution in [0.25, 0.3) is 0 Å². The van der Waals surface area contributed by atoms with Crippen molar-refractivity contribution in [2.45, 2.75) is 71.3 Å². The van der Waals surface area contributed by atoms with Crippen LogP contribution in [-0.4, -0.2) is 54.1 Å². The van der Waals surface area contributed by atoms with Crippen molar-refractivity contribution in [2.24, 2.45) is 11.8 Å². The normalized spacial score (nSPS) is 29.6. The molecule has 1 N–H and O–H groups in total. The first-order valence-corrected chi connectivity index (χ1v) is 10.4. The van der Waals surface area contributed by atoms with Crippen LogP contribution >= 0.6 is 0 Å². The number of rotatable bonds is 3. The number of anilines is 1. The topological polar surface area (TPSA) is 72.9 Å². The molecule has 3 atom stereocenters. The summed E-state index contributed by atoms with van der Waals surface area (Å²) in [5.41, 5.74) is -0.254. The van der Waals surface area contributed by atoms with E-state index in [9.17, 15) is 4.79 Å². The molecule has 1 aliphatic carbocycles. The van der Waals surface area contributed by atoms with Gasteiger partial charge in [-0.1, -0.05) is 6.07 Å². The number of ether oxygens (including phenoxy) is 1. The standard InChI is InChI=1S/C21H32BN3O4/c1-19(2,3)27-18(26)24-17-14-11-25(12-15(14)17)16-9-8-13(10-23-16)22-28-20(4,5)21(6,7)29-22/h8-10,14-15,17H,11-12H2,1-7H3,(H,24,26)/t14-,15?,17-/m0/s1. The Labute approximate surface area is 173 Å². The molecule has 0 aromatic carbocycles. The molecule has 3 heterocycles. The first-order chi connectivity index (χ1) is 13.4. The van der Waals surface area contributed by atoms with Crippen LogP contribution in [0, 0.1) is 11.8 Å². The van der Waals surface area contributed by atoms with Crippen LogP contribution in [0.3, 0.4) is 0 Å². The summed E-state index contributed by atoms with van der Waals surface area (Å²) in [6, 6.07) is 4.27. The number of nitrogens with zero attached hydrogens (tertiary/aromatic N) is 2. The number of amides is 1. The van der Waals surface area contributed by atoms with Crippen LogP contribution in [0.2, 0.25) is 0 Å². The number of hydrogen-bond donors (Lipinski definition) is 1. The summed E-state index contributed by atoms with van der Waals surface area (Å²) in [5.74, 6) is 1.88. The molecule has 1 amide bonds. The molecular formula is C21H32BN3O4. The maximum atomic E-state index is 12.0. The number of pyridine rings is 1. The van der Waals surface area contributed by atoms with Gasteiger partial charge in [-0.2, -0.15) is 0 Å². The maximum Gasteiger partial charge on any atom is 0.496 e. The van der Waals surface area contributed by atoms with Crippen LogP contribution < -0.4 is 15.7 Å². The zero-order valence-electron chi connectivity index (χ0n) is 18.5. The Bertz CT molecular complexity index is 762. The molecule has 2 aliphatic heterocycles. The fraction of sp³-hybridized carbons (Fsp3) is 0.714. The molecule has 158 valence electrons. The van der Waals surface area contributed by atoms with Gasteiger partial charge in [-0.05, 0) is 54.5 Å². The summed E-state index contributed by atoms with van der Waals surface area (Å²) < 4.78 is 17.6. The number of aromatic nitrogens is 1. The molecule has 2 saturated heterocycles. The molecule has 3 fully saturated rings. The third kappa shape index (κ3) is 3.97. The predicted octanol–water partition coefficient (Wildman–Crippen LogP) is 2.34. The van der Waals surface area contributed by atoms with E-state index in [4.69, 9.17) is 14.0 Å². The average molecular weight is 401 g/mol. The monoisotopic (exact) mass is 401 g/mol. The number of carbonyl (C=O) groups is 1. The number of carbonyl (C=O) groups excluding carboxylic acids is 1. The Morgan fingerprint density at radius 1 is 1.17 bits per heavy atom. The first kappa shape index (κ1) is 20.5. The van der Waals surface area contributed by atoms with Crippen molar-refractivity contribution in [3.63, 3.8) is 0 Å². The number of fused-ring (bicyclic) bond motifs is 1. The zero-order valence-corrected chi connectivity index (χ0v) is 18.5. The minimum absolute atomic E-state index is 0.213. The molecule has 4 rings (SSSR count). The Kier molecular flexibility index (Phi) is 4.66.